The molecule has 1 amide bonds. The Morgan fingerprint density at radius 1 is 1.67 bits per heavy atom. The molecule has 100 valence electrons. The van der Waals surface area contributed by atoms with Crippen LogP contribution in [0, 0.1) is 5.92 Å². The van der Waals surface area contributed by atoms with Gasteiger partial charge in [-0.1, -0.05) is 0 Å². The second-order valence-corrected chi connectivity index (χ2v) is 5.07. The number of carbonyl (C=O) groups is 1. The average molecular weight is 270 g/mol. The molecule has 1 fully saturated rings. The molecule has 0 aliphatic carbocycles. The summed E-state index contributed by atoms with van der Waals surface area (Å²) in [5.41, 5.74) is 11.2. The number of rotatable bonds is 4. The highest BCUT2D eigenvalue weighted by Gasteiger charge is 2.28. The average Bonchev–Trinajstić information content (AvgIpc) is 2.72. The Hall–Kier alpha value is -1.50. The minimum Gasteiger partial charge on any atom is -0.487 e. The lowest BCUT2D eigenvalue weighted by Crippen LogP contribution is -2.41. The second-order valence-electron chi connectivity index (χ2n) is 4.32. The Balaban J connectivity index is 2.18. The molecule has 1 aliphatic rings. The smallest absolute Gasteiger partial charge is 0.222 e. The summed E-state index contributed by atoms with van der Waals surface area (Å²) in [4.78, 5) is 13.4. The predicted octanol–water partition coefficient (Wildman–Crippen LogP) is 0.826. The van der Waals surface area contributed by atoms with Crippen molar-refractivity contribution in [1.29, 1.82) is 0 Å². The number of primary amides is 1. The highest BCUT2D eigenvalue weighted by molar-refractivity contribution is 7.11. The van der Waals surface area contributed by atoms with Crippen molar-refractivity contribution >= 4 is 28.3 Å². The molecule has 7 heteroatoms. The lowest BCUT2D eigenvalue weighted by atomic mass is 9.98. The third-order valence-electron chi connectivity index (χ3n) is 3.06. The van der Waals surface area contributed by atoms with Gasteiger partial charge in [-0.3, -0.25) is 4.79 Å². The summed E-state index contributed by atoms with van der Waals surface area (Å²) >= 11 is 1.31. The fraction of sp³-hybridized carbons (Fsp3) is 0.636. The van der Waals surface area contributed by atoms with Gasteiger partial charge < -0.3 is 21.1 Å². The van der Waals surface area contributed by atoms with Crippen molar-refractivity contribution in [3.8, 4) is 5.75 Å². The Bertz CT molecular complexity index is 435. The molecule has 6 nitrogen and oxygen atoms in total. The van der Waals surface area contributed by atoms with Crippen molar-refractivity contribution in [3.05, 3.63) is 0 Å². The first-order chi connectivity index (χ1) is 8.63. The summed E-state index contributed by atoms with van der Waals surface area (Å²) < 4.78 is 9.64. The molecule has 0 radical (unpaired) electrons. The number of ether oxygens (including phenoxy) is 1. The van der Waals surface area contributed by atoms with Crippen LogP contribution < -0.4 is 21.1 Å². The van der Waals surface area contributed by atoms with E-state index in [0.29, 0.717) is 24.7 Å². The zero-order valence-corrected chi connectivity index (χ0v) is 11.2. The van der Waals surface area contributed by atoms with E-state index in [2.05, 4.69) is 9.27 Å². The van der Waals surface area contributed by atoms with Gasteiger partial charge in [0.15, 0.2) is 16.6 Å². The first kappa shape index (κ1) is 12.9. The summed E-state index contributed by atoms with van der Waals surface area (Å²) in [6.07, 6.45) is 1.79. The molecule has 0 saturated carbocycles. The molecular weight excluding hydrogens is 252 g/mol. The number of amides is 1. The number of anilines is 2. The van der Waals surface area contributed by atoms with Gasteiger partial charge in [-0.05, 0) is 31.3 Å². The second kappa shape index (κ2) is 5.43. The molecule has 2 heterocycles. The van der Waals surface area contributed by atoms with Gasteiger partial charge in [-0.15, -0.1) is 0 Å². The van der Waals surface area contributed by atoms with Gasteiger partial charge in [0.1, 0.15) is 0 Å². The number of hydrogen-bond donors (Lipinski definition) is 2. The summed E-state index contributed by atoms with van der Waals surface area (Å²) in [7, 11) is 0. The fourth-order valence-corrected chi connectivity index (χ4v) is 2.96. The lowest BCUT2D eigenvalue weighted by molar-refractivity contribution is -0.122. The number of nitrogens with zero attached hydrogens (tertiary/aromatic N) is 2. The van der Waals surface area contributed by atoms with Gasteiger partial charge in [0.2, 0.25) is 5.91 Å². The zero-order valence-electron chi connectivity index (χ0n) is 10.4. The van der Waals surface area contributed by atoms with E-state index in [4.69, 9.17) is 16.2 Å². The number of carbonyl (C=O) groups excluding carboxylic acids is 1. The molecule has 0 bridgehead atoms. The lowest BCUT2D eigenvalue weighted by Gasteiger charge is -2.31. The molecule has 0 spiro atoms. The van der Waals surface area contributed by atoms with Gasteiger partial charge in [0.05, 0.1) is 12.5 Å². The summed E-state index contributed by atoms with van der Waals surface area (Å²) in [6, 6.07) is 0. The fourth-order valence-electron chi connectivity index (χ4n) is 2.16. The quantitative estimate of drug-likeness (QED) is 0.845. The maximum absolute atomic E-state index is 11.3. The largest absolute Gasteiger partial charge is 0.487 e. The van der Waals surface area contributed by atoms with Gasteiger partial charge in [0, 0.05) is 13.1 Å². The van der Waals surface area contributed by atoms with Gasteiger partial charge in [-0.2, -0.15) is 4.37 Å². The first-order valence-corrected chi connectivity index (χ1v) is 6.83. The molecule has 4 N–H and O–H groups in total. The van der Waals surface area contributed by atoms with Crippen LogP contribution in [0.2, 0.25) is 0 Å². The van der Waals surface area contributed by atoms with E-state index < -0.39 is 0 Å². The highest BCUT2D eigenvalue weighted by Crippen LogP contribution is 2.39. The molecule has 0 aromatic carbocycles. The van der Waals surface area contributed by atoms with Crippen molar-refractivity contribution in [1.82, 2.24) is 4.37 Å². The van der Waals surface area contributed by atoms with E-state index in [0.717, 1.165) is 24.4 Å². The maximum Gasteiger partial charge on any atom is 0.222 e. The topological polar surface area (TPSA) is 94.5 Å². The Labute approximate surface area is 110 Å². The van der Waals surface area contributed by atoms with Crippen LogP contribution in [0.25, 0.3) is 0 Å². The van der Waals surface area contributed by atoms with Crippen molar-refractivity contribution < 1.29 is 9.53 Å². The highest BCUT2D eigenvalue weighted by atomic mass is 32.1. The third kappa shape index (κ3) is 2.50. The van der Waals surface area contributed by atoms with E-state index in [9.17, 15) is 4.79 Å². The van der Waals surface area contributed by atoms with Crippen molar-refractivity contribution in [3.63, 3.8) is 0 Å². The molecule has 1 saturated heterocycles. The van der Waals surface area contributed by atoms with E-state index in [1.165, 1.54) is 11.5 Å². The van der Waals surface area contributed by atoms with Crippen LogP contribution in [-0.2, 0) is 4.79 Å². The van der Waals surface area contributed by atoms with Gasteiger partial charge in [0.25, 0.3) is 0 Å². The van der Waals surface area contributed by atoms with Crippen LogP contribution >= 0.6 is 11.5 Å². The first-order valence-electron chi connectivity index (χ1n) is 6.05. The minimum absolute atomic E-state index is 0.100. The number of nitrogens with two attached hydrogens (primary N) is 2. The van der Waals surface area contributed by atoms with Crippen LogP contribution in [0.3, 0.4) is 0 Å². The van der Waals surface area contributed by atoms with Crippen LogP contribution in [0.1, 0.15) is 19.8 Å². The van der Waals surface area contributed by atoms with E-state index >= 15 is 0 Å². The third-order valence-corrected chi connectivity index (χ3v) is 3.96. The molecule has 1 aliphatic heterocycles. The number of hydrogen-bond acceptors (Lipinski definition) is 6. The molecule has 18 heavy (non-hydrogen) atoms. The normalized spacial score (nSPS) is 19.8. The molecule has 1 unspecified atom stereocenters. The van der Waals surface area contributed by atoms with Crippen LogP contribution in [-0.4, -0.2) is 30.0 Å². The number of aromatic nitrogens is 1. The van der Waals surface area contributed by atoms with Crippen LogP contribution in [0.5, 0.6) is 5.75 Å². The van der Waals surface area contributed by atoms with Gasteiger partial charge >= 0.3 is 0 Å². The van der Waals surface area contributed by atoms with E-state index in [-0.39, 0.29) is 11.8 Å². The Kier molecular flexibility index (Phi) is 3.90. The standard InChI is InChI=1S/C11H18N4O2S/c1-2-17-8-9(12)14-18-11(8)15-5-3-4-7(6-15)10(13)16/h7H,2-6H2,1H3,(H2,12,14)(H2,13,16). The van der Waals surface area contributed by atoms with Gasteiger partial charge in [-0.25, -0.2) is 0 Å². The molecule has 2 rings (SSSR count). The van der Waals surface area contributed by atoms with Crippen LogP contribution in [0.4, 0.5) is 10.8 Å². The Morgan fingerprint density at radius 2 is 2.44 bits per heavy atom. The zero-order chi connectivity index (χ0) is 13.1. The molecule has 1 aromatic rings. The predicted molar refractivity (Wildman–Crippen MR) is 71.8 cm³/mol. The number of nitrogen functional groups attached to an aromatic ring is 1. The van der Waals surface area contributed by atoms with E-state index in [1.807, 2.05) is 6.92 Å². The summed E-state index contributed by atoms with van der Waals surface area (Å²) in [6.45, 7) is 3.95. The van der Waals surface area contributed by atoms with Crippen molar-refractivity contribution in [2.45, 2.75) is 19.8 Å². The summed E-state index contributed by atoms with van der Waals surface area (Å²) in [5.74, 6) is 0.706. The molecular formula is C11H18N4O2S. The Morgan fingerprint density at radius 3 is 3.11 bits per heavy atom. The minimum atomic E-state index is -0.241. The summed E-state index contributed by atoms with van der Waals surface area (Å²) in [5, 5.41) is 0.903. The monoisotopic (exact) mass is 270 g/mol. The van der Waals surface area contributed by atoms with E-state index in [1.54, 1.807) is 0 Å². The van der Waals surface area contributed by atoms with Crippen molar-refractivity contribution in [2.75, 3.05) is 30.3 Å². The van der Waals surface area contributed by atoms with Crippen molar-refractivity contribution in [2.24, 2.45) is 11.7 Å². The number of piperidine rings is 1. The maximum atomic E-state index is 11.3. The molecule has 1 aromatic heterocycles. The molecule has 1 atom stereocenters. The SMILES string of the molecule is CCOc1c(N)nsc1N1CCCC(C(N)=O)C1. The van der Waals surface area contributed by atoms with Crippen LogP contribution in [0.15, 0.2) is 0 Å².